The molecule has 0 amide bonds. The van der Waals surface area contributed by atoms with Gasteiger partial charge in [-0.1, -0.05) is 25.5 Å². The number of unbranched alkanes of at least 4 members (excludes halogenated alkanes) is 1. The lowest BCUT2D eigenvalue weighted by molar-refractivity contribution is 0.700. The van der Waals surface area contributed by atoms with Crippen molar-refractivity contribution in [3.05, 3.63) is 45.6 Å². The summed E-state index contributed by atoms with van der Waals surface area (Å²) in [6.07, 6.45) is 8.37. The summed E-state index contributed by atoms with van der Waals surface area (Å²) in [7, 11) is 0. The number of anilines is 2. The molecular weight excluding hydrogens is 350 g/mol. The van der Waals surface area contributed by atoms with E-state index < -0.39 is 0 Å². The molecule has 2 heterocycles. The predicted octanol–water partition coefficient (Wildman–Crippen LogP) is 6.31. The summed E-state index contributed by atoms with van der Waals surface area (Å²) >= 11 is 7.96. The highest BCUT2D eigenvalue weighted by Gasteiger charge is 2.21. The van der Waals surface area contributed by atoms with Crippen molar-refractivity contribution < 1.29 is 0 Å². The molecule has 3 aromatic rings. The van der Waals surface area contributed by atoms with E-state index in [-0.39, 0.29) is 0 Å². The quantitative estimate of drug-likeness (QED) is 0.534. The Morgan fingerprint density at radius 3 is 2.72 bits per heavy atom. The molecule has 130 valence electrons. The van der Waals surface area contributed by atoms with Crippen molar-refractivity contribution in [1.82, 2.24) is 9.97 Å². The summed E-state index contributed by atoms with van der Waals surface area (Å²) in [6, 6.07) is 8.65. The monoisotopic (exact) mass is 371 g/mol. The number of hydrogen-bond donors (Lipinski definition) is 1. The molecule has 1 aliphatic rings. The number of benzene rings is 1. The first-order valence-electron chi connectivity index (χ1n) is 9.08. The second kappa shape index (κ2) is 7.30. The topological polar surface area (TPSA) is 37.8 Å². The Morgan fingerprint density at radius 1 is 1.12 bits per heavy atom. The van der Waals surface area contributed by atoms with Crippen molar-refractivity contribution in [3.8, 4) is 0 Å². The van der Waals surface area contributed by atoms with Gasteiger partial charge in [0.25, 0.3) is 0 Å². The molecule has 4 rings (SSSR count). The number of thiophene rings is 1. The van der Waals surface area contributed by atoms with E-state index in [0.717, 1.165) is 35.6 Å². The van der Waals surface area contributed by atoms with E-state index in [0.29, 0.717) is 5.28 Å². The molecule has 0 unspecified atom stereocenters. The molecule has 0 saturated carbocycles. The predicted molar refractivity (Wildman–Crippen MR) is 107 cm³/mol. The standard InChI is InChI=1S/C20H22ClN3S/c1-2-3-6-13-9-11-14(12-10-13)22-18-17-15-7-4-5-8-16(15)25-19(17)24-20(21)23-18/h9-12H,2-8H2,1H3,(H,22,23,24). The molecule has 1 aromatic carbocycles. The zero-order valence-corrected chi connectivity index (χ0v) is 16.0. The van der Waals surface area contributed by atoms with Gasteiger partial charge < -0.3 is 5.32 Å². The Bertz CT molecular complexity index is 886. The number of rotatable bonds is 5. The molecule has 0 bridgehead atoms. The van der Waals surface area contributed by atoms with Crippen LogP contribution in [-0.2, 0) is 19.3 Å². The van der Waals surface area contributed by atoms with Gasteiger partial charge in [-0.3, -0.25) is 0 Å². The van der Waals surface area contributed by atoms with Gasteiger partial charge in [0.2, 0.25) is 5.28 Å². The number of halogens is 1. The second-order valence-corrected chi connectivity index (χ2v) is 8.08. The lowest BCUT2D eigenvalue weighted by Gasteiger charge is -2.13. The second-order valence-electron chi connectivity index (χ2n) is 6.66. The van der Waals surface area contributed by atoms with Crippen LogP contribution in [0.1, 0.15) is 48.6 Å². The SMILES string of the molecule is CCCCc1ccc(Nc2nc(Cl)nc3sc4c(c23)CCCC4)cc1. The van der Waals surface area contributed by atoms with Crippen molar-refractivity contribution in [2.24, 2.45) is 0 Å². The molecule has 0 radical (unpaired) electrons. The number of nitrogens with zero attached hydrogens (tertiary/aromatic N) is 2. The van der Waals surface area contributed by atoms with Gasteiger partial charge in [-0.05, 0) is 73.4 Å². The Balaban J connectivity index is 1.67. The fourth-order valence-corrected chi connectivity index (χ4v) is 4.97. The Kier molecular flexibility index (Phi) is 4.91. The Morgan fingerprint density at radius 2 is 1.92 bits per heavy atom. The average Bonchev–Trinajstić information content (AvgIpc) is 2.99. The van der Waals surface area contributed by atoms with Crippen molar-refractivity contribution in [3.63, 3.8) is 0 Å². The highest BCUT2D eigenvalue weighted by Crippen LogP contribution is 2.39. The van der Waals surface area contributed by atoms with Gasteiger partial charge in [0.1, 0.15) is 10.6 Å². The average molecular weight is 372 g/mol. The summed E-state index contributed by atoms with van der Waals surface area (Å²) in [5.74, 6) is 0.843. The molecule has 5 heteroatoms. The minimum Gasteiger partial charge on any atom is -0.340 e. The number of aromatic nitrogens is 2. The number of aryl methyl sites for hydroxylation is 3. The molecule has 1 N–H and O–H groups in total. The van der Waals surface area contributed by atoms with Crippen molar-refractivity contribution in [1.29, 1.82) is 0 Å². The van der Waals surface area contributed by atoms with E-state index in [1.807, 2.05) is 0 Å². The van der Waals surface area contributed by atoms with Crippen molar-refractivity contribution in [2.45, 2.75) is 51.9 Å². The Hall–Kier alpha value is -1.65. The van der Waals surface area contributed by atoms with Crippen LogP contribution in [0.2, 0.25) is 5.28 Å². The number of nitrogens with one attached hydrogen (secondary N) is 1. The molecule has 0 fully saturated rings. The van der Waals surface area contributed by atoms with Gasteiger partial charge >= 0.3 is 0 Å². The van der Waals surface area contributed by atoms with Crippen LogP contribution < -0.4 is 5.32 Å². The molecule has 0 atom stereocenters. The fourth-order valence-electron chi connectivity index (χ4n) is 3.49. The van der Waals surface area contributed by atoms with E-state index in [2.05, 4.69) is 46.5 Å². The zero-order valence-electron chi connectivity index (χ0n) is 14.4. The normalized spacial score (nSPS) is 13.8. The minimum atomic E-state index is 0.313. The maximum atomic E-state index is 6.18. The maximum absolute atomic E-state index is 6.18. The molecule has 1 aliphatic carbocycles. The van der Waals surface area contributed by atoms with Gasteiger partial charge in [0.15, 0.2) is 0 Å². The molecule has 25 heavy (non-hydrogen) atoms. The first-order valence-corrected chi connectivity index (χ1v) is 10.3. The summed E-state index contributed by atoms with van der Waals surface area (Å²) in [5.41, 5.74) is 3.85. The van der Waals surface area contributed by atoms with Crippen LogP contribution in [0.3, 0.4) is 0 Å². The van der Waals surface area contributed by atoms with Gasteiger partial charge in [0, 0.05) is 10.6 Å². The maximum Gasteiger partial charge on any atom is 0.225 e. The fraction of sp³-hybridized carbons (Fsp3) is 0.400. The molecule has 0 saturated heterocycles. The van der Waals surface area contributed by atoms with Crippen molar-refractivity contribution >= 4 is 44.7 Å². The van der Waals surface area contributed by atoms with Crippen LogP contribution in [0.25, 0.3) is 10.2 Å². The highest BCUT2D eigenvalue weighted by molar-refractivity contribution is 7.19. The van der Waals surface area contributed by atoms with Crippen LogP contribution in [0, 0.1) is 0 Å². The third kappa shape index (κ3) is 3.51. The lowest BCUT2D eigenvalue weighted by Crippen LogP contribution is -2.01. The van der Waals surface area contributed by atoms with Crippen LogP contribution in [0.4, 0.5) is 11.5 Å². The zero-order chi connectivity index (χ0) is 17.2. The Labute approximate surface area is 157 Å². The summed E-state index contributed by atoms with van der Waals surface area (Å²) in [6.45, 7) is 2.22. The molecule has 0 aliphatic heterocycles. The largest absolute Gasteiger partial charge is 0.340 e. The minimum absolute atomic E-state index is 0.313. The summed E-state index contributed by atoms with van der Waals surface area (Å²) in [5, 5.41) is 4.96. The van der Waals surface area contributed by atoms with E-state index in [1.165, 1.54) is 47.1 Å². The lowest BCUT2D eigenvalue weighted by atomic mass is 9.97. The third-order valence-corrected chi connectivity index (χ3v) is 6.18. The molecule has 3 nitrogen and oxygen atoms in total. The first kappa shape index (κ1) is 16.8. The molecule has 2 aromatic heterocycles. The molecule has 0 spiro atoms. The van der Waals surface area contributed by atoms with Crippen LogP contribution in [0.15, 0.2) is 24.3 Å². The summed E-state index contributed by atoms with van der Waals surface area (Å²) in [4.78, 5) is 11.4. The highest BCUT2D eigenvalue weighted by atomic mass is 35.5. The van der Waals surface area contributed by atoms with E-state index in [1.54, 1.807) is 11.3 Å². The number of fused-ring (bicyclic) bond motifs is 3. The van der Waals surface area contributed by atoms with E-state index >= 15 is 0 Å². The molecular formula is C20H22ClN3S. The van der Waals surface area contributed by atoms with Gasteiger partial charge in [-0.2, -0.15) is 4.98 Å². The van der Waals surface area contributed by atoms with Crippen LogP contribution in [-0.4, -0.2) is 9.97 Å². The third-order valence-electron chi connectivity index (χ3n) is 4.82. The van der Waals surface area contributed by atoms with Gasteiger partial charge in [-0.15, -0.1) is 11.3 Å². The smallest absolute Gasteiger partial charge is 0.225 e. The van der Waals surface area contributed by atoms with Crippen molar-refractivity contribution in [2.75, 3.05) is 5.32 Å². The van der Waals surface area contributed by atoms with E-state index in [9.17, 15) is 0 Å². The van der Waals surface area contributed by atoms with E-state index in [4.69, 9.17) is 11.6 Å². The van der Waals surface area contributed by atoms with Crippen LogP contribution in [0.5, 0.6) is 0 Å². The van der Waals surface area contributed by atoms with Crippen LogP contribution >= 0.6 is 22.9 Å². The number of hydrogen-bond acceptors (Lipinski definition) is 4. The van der Waals surface area contributed by atoms with Gasteiger partial charge in [0.05, 0.1) is 5.39 Å². The summed E-state index contributed by atoms with van der Waals surface area (Å²) < 4.78 is 0. The first-order chi connectivity index (χ1) is 12.2. The van der Waals surface area contributed by atoms with Gasteiger partial charge in [-0.25, -0.2) is 4.98 Å².